The standard InChI is InChI=1S/C21H29N3O2/c1-5-20(19-7-6-16(2)17(3)14-19)23-21(25)24(12-13-26-4)15-18-8-10-22-11-9-18/h6-11,14,20H,5,12-13,15H2,1-4H3,(H,23,25)/t20-/m0/s1. The van der Waals surface area contributed by atoms with E-state index in [9.17, 15) is 4.79 Å². The number of rotatable bonds is 8. The van der Waals surface area contributed by atoms with E-state index in [1.54, 1.807) is 24.4 Å². The van der Waals surface area contributed by atoms with Gasteiger partial charge in [-0.3, -0.25) is 4.98 Å². The maximum absolute atomic E-state index is 12.9. The van der Waals surface area contributed by atoms with E-state index in [0.717, 1.165) is 17.5 Å². The fourth-order valence-electron chi connectivity index (χ4n) is 2.81. The molecule has 1 N–H and O–H groups in total. The van der Waals surface area contributed by atoms with Gasteiger partial charge in [0, 0.05) is 32.6 Å². The van der Waals surface area contributed by atoms with Crippen LogP contribution in [0.1, 0.15) is 41.6 Å². The Bertz CT molecular complexity index is 704. The molecule has 5 heteroatoms. The molecule has 2 amide bonds. The van der Waals surface area contributed by atoms with Gasteiger partial charge in [0.1, 0.15) is 0 Å². The van der Waals surface area contributed by atoms with Gasteiger partial charge in [-0.25, -0.2) is 4.79 Å². The third kappa shape index (κ3) is 5.56. The molecule has 0 aliphatic carbocycles. The summed E-state index contributed by atoms with van der Waals surface area (Å²) >= 11 is 0. The van der Waals surface area contributed by atoms with Crippen LogP contribution in [0.2, 0.25) is 0 Å². The largest absolute Gasteiger partial charge is 0.383 e. The highest BCUT2D eigenvalue weighted by Gasteiger charge is 2.19. The van der Waals surface area contributed by atoms with Crippen molar-refractivity contribution in [3.05, 3.63) is 65.0 Å². The first kappa shape index (κ1) is 19.9. The number of amides is 2. The van der Waals surface area contributed by atoms with Crippen LogP contribution >= 0.6 is 0 Å². The lowest BCUT2D eigenvalue weighted by molar-refractivity contribution is 0.144. The maximum atomic E-state index is 12.9. The zero-order valence-electron chi connectivity index (χ0n) is 16.2. The number of hydrogen-bond donors (Lipinski definition) is 1. The first-order chi connectivity index (χ1) is 12.5. The summed E-state index contributed by atoms with van der Waals surface area (Å²) in [7, 11) is 1.65. The molecule has 0 aliphatic rings. The Morgan fingerprint density at radius 3 is 2.54 bits per heavy atom. The Morgan fingerprint density at radius 2 is 1.92 bits per heavy atom. The van der Waals surface area contributed by atoms with Crippen LogP contribution in [0.5, 0.6) is 0 Å². The van der Waals surface area contributed by atoms with Crippen molar-refractivity contribution >= 4 is 6.03 Å². The predicted octanol–water partition coefficient (Wildman–Crippen LogP) is 4.01. The van der Waals surface area contributed by atoms with Crippen LogP contribution in [0.4, 0.5) is 4.79 Å². The molecule has 1 atom stereocenters. The van der Waals surface area contributed by atoms with Crippen LogP contribution in [-0.2, 0) is 11.3 Å². The van der Waals surface area contributed by atoms with Gasteiger partial charge in [-0.1, -0.05) is 25.1 Å². The molecule has 140 valence electrons. The Balaban J connectivity index is 2.11. The summed E-state index contributed by atoms with van der Waals surface area (Å²) in [5, 5.41) is 3.17. The van der Waals surface area contributed by atoms with Crippen molar-refractivity contribution in [2.75, 3.05) is 20.3 Å². The minimum atomic E-state index is -0.0797. The first-order valence-corrected chi connectivity index (χ1v) is 9.05. The lowest BCUT2D eigenvalue weighted by atomic mass is 9.99. The maximum Gasteiger partial charge on any atom is 0.318 e. The SMILES string of the molecule is CC[C@H](NC(=O)N(CCOC)Cc1ccncc1)c1ccc(C)c(C)c1. The van der Waals surface area contributed by atoms with Gasteiger partial charge in [0.25, 0.3) is 0 Å². The van der Waals surface area contributed by atoms with Gasteiger partial charge in [0.05, 0.1) is 12.6 Å². The second kappa shape index (κ2) is 9.92. The number of pyridine rings is 1. The second-order valence-corrected chi connectivity index (χ2v) is 6.52. The van der Waals surface area contributed by atoms with Crippen molar-refractivity contribution in [2.24, 2.45) is 0 Å². The average Bonchev–Trinajstić information content (AvgIpc) is 2.66. The van der Waals surface area contributed by atoms with Gasteiger partial charge < -0.3 is 15.0 Å². The molecule has 0 saturated carbocycles. The quantitative estimate of drug-likeness (QED) is 0.778. The molecule has 0 bridgehead atoms. The number of aryl methyl sites for hydroxylation is 2. The summed E-state index contributed by atoms with van der Waals surface area (Å²) in [6.45, 7) is 7.85. The molecule has 2 aromatic rings. The first-order valence-electron chi connectivity index (χ1n) is 9.05. The molecule has 1 aromatic heterocycles. The van der Waals surface area contributed by atoms with E-state index >= 15 is 0 Å². The molecule has 0 fully saturated rings. The molecular weight excluding hydrogens is 326 g/mol. The fourth-order valence-corrected chi connectivity index (χ4v) is 2.81. The van der Waals surface area contributed by atoms with Gasteiger partial charge in [-0.05, 0) is 54.7 Å². The minimum absolute atomic E-state index is 0.00992. The number of carbonyl (C=O) groups excluding carboxylic acids is 1. The predicted molar refractivity (Wildman–Crippen MR) is 104 cm³/mol. The normalized spacial score (nSPS) is 11.8. The molecule has 5 nitrogen and oxygen atoms in total. The summed E-state index contributed by atoms with van der Waals surface area (Å²) in [5.74, 6) is 0. The smallest absolute Gasteiger partial charge is 0.318 e. The number of methoxy groups -OCH3 is 1. The Labute approximate surface area is 156 Å². The zero-order chi connectivity index (χ0) is 18.9. The number of aromatic nitrogens is 1. The summed E-state index contributed by atoms with van der Waals surface area (Å²) in [6.07, 6.45) is 4.32. The molecule has 0 radical (unpaired) electrons. The molecule has 0 unspecified atom stereocenters. The number of benzene rings is 1. The van der Waals surface area contributed by atoms with Crippen LogP contribution in [-0.4, -0.2) is 36.2 Å². The average molecular weight is 355 g/mol. The van der Waals surface area contributed by atoms with Gasteiger partial charge in [-0.15, -0.1) is 0 Å². The van der Waals surface area contributed by atoms with Gasteiger partial charge in [-0.2, -0.15) is 0 Å². The third-order valence-corrected chi connectivity index (χ3v) is 4.61. The molecule has 0 aliphatic heterocycles. The lowest BCUT2D eigenvalue weighted by Crippen LogP contribution is -2.42. The lowest BCUT2D eigenvalue weighted by Gasteiger charge is -2.26. The monoisotopic (exact) mass is 355 g/mol. The van der Waals surface area contributed by atoms with Gasteiger partial charge in [0.15, 0.2) is 0 Å². The number of nitrogens with zero attached hydrogens (tertiary/aromatic N) is 2. The molecule has 1 heterocycles. The van der Waals surface area contributed by atoms with Crippen LogP contribution in [0.25, 0.3) is 0 Å². The molecule has 0 saturated heterocycles. The highest BCUT2D eigenvalue weighted by Crippen LogP contribution is 2.20. The fraction of sp³-hybridized carbons (Fsp3) is 0.429. The van der Waals surface area contributed by atoms with Crippen molar-refractivity contribution in [3.63, 3.8) is 0 Å². The van der Waals surface area contributed by atoms with Crippen molar-refractivity contribution in [3.8, 4) is 0 Å². The van der Waals surface area contributed by atoms with Gasteiger partial charge in [0.2, 0.25) is 0 Å². The van der Waals surface area contributed by atoms with Crippen molar-refractivity contribution in [1.29, 1.82) is 0 Å². The van der Waals surface area contributed by atoms with Crippen LogP contribution in [0.3, 0.4) is 0 Å². The van der Waals surface area contributed by atoms with E-state index in [1.165, 1.54) is 11.1 Å². The van der Waals surface area contributed by atoms with E-state index in [0.29, 0.717) is 19.7 Å². The molecular formula is C21H29N3O2. The highest BCUT2D eigenvalue weighted by molar-refractivity contribution is 5.74. The second-order valence-electron chi connectivity index (χ2n) is 6.52. The number of ether oxygens (including phenoxy) is 1. The topological polar surface area (TPSA) is 54.5 Å². The number of nitrogens with one attached hydrogen (secondary N) is 1. The van der Waals surface area contributed by atoms with E-state index in [1.807, 2.05) is 12.1 Å². The van der Waals surface area contributed by atoms with Crippen molar-refractivity contribution in [2.45, 2.75) is 39.8 Å². The van der Waals surface area contributed by atoms with Crippen LogP contribution in [0, 0.1) is 13.8 Å². The third-order valence-electron chi connectivity index (χ3n) is 4.61. The van der Waals surface area contributed by atoms with Crippen LogP contribution < -0.4 is 5.32 Å². The van der Waals surface area contributed by atoms with Crippen LogP contribution in [0.15, 0.2) is 42.7 Å². The van der Waals surface area contributed by atoms with E-state index in [2.05, 4.69) is 49.3 Å². The van der Waals surface area contributed by atoms with Crippen molar-refractivity contribution in [1.82, 2.24) is 15.2 Å². The number of hydrogen-bond acceptors (Lipinski definition) is 3. The van der Waals surface area contributed by atoms with E-state index < -0.39 is 0 Å². The summed E-state index contributed by atoms with van der Waals surface area (Å²) < 4.78 is 5.17. The minimum Gasteiger partial charge on any atom is -0.383 e. The molecule has 26 heavy (non-hydrogen) atoms. The molecule has 2 rings (SSSR count). The highest BCUT2D eigenvalue weighted by atomic mass is 16.5. The number of urea groups is 1. The summed E-state index contributed by atoms with van der Waals surface area (Å²) in [5.41, 5.74) is 4.68. The zero-order valence-corrected chi connectivity index (χ0v) is 16.2. The van der Waals surface area contributed by atoms with E-state index in [-0.39, 0.29) is 12.1 Å². The molecule has 1 aromatic carbocycles. The van der Waals surface area contributed by atoms with Gasteiger partial charge >= 0.3 is 6.03 Å². The Kier molecular flexibility index (Phi) is 7.60. The molecule has 0 spiro atoms. The number of carbonyl (C=O) groups is 1. The summed E-state index contributed by atoms with van der Waals surface area (Å²) in [6, 6.07) is 10.1. The van der Waals surface area contributed by atoms with E-state index in [4.69, 9.17) is 4.74 Å². The van der Waals surface area contributed by atoms with Crippen molar-refractivity contribution < 1.29 is 9.53 Å². The Hall–Kier alpha value is -2.40. The Morgan fingerprint density at radius 1 is 1.19 bits per heavy atom. The summed E-state index contributed by atoms with van der Waals surface area (Å²) in [4.78, 5) is 18.7.